The van der Waals surface area contributed by atoms with Gasteiger partial charge in [-0.1, -0.05) is 31.9 Å². The van der Waals surface area contributed by atoms with Gasteiger partial charge in [-0.15, -0.1) is 0 Å². The maximum absolute atomic E-state index is 11.4. The second-order valence-corrected chi connectivity index (χ2v) is 4.07. The molecule has 5 nitrogen and oxygen atoms in total. The third kappa shape index (κ3) is 6.45. The molecule has 0 aliphatic carbocycles. The van der Waals surface area contributed by atoms with Crippen molar-refractivity contribution in [3.05, 3.63) is 29.8 Å². The van der Waals surface area contributed by atoms with Crippen molar-refractivity contribution >= 4 is 18.3 Å². The van der Waals surface area contributed by atoms with E-state index in [1.807, 2.05) is 0 Å². The fourth-order valence-corrected chi connectivity index (χ4v) is 1.49. The lowest BCUT2D eigenvalue weighted by Gasteiger charge is -2.07. The number of carbonyl (C=O) groups excluding carboxylic acids is 2. The number of amides is 1. The van der Waals surface area contributed by atoms with Crippen molar-refractivity contribution in [3.63, 3.8) is 0 Å². The van der Waals surface area contributed by atoms with Crippen molar-refractivity contribution in [2.45, 2.75) is 32.8 Å². The van der Waals surface area contributed by atoms with E-state index >= 15 is 0 Å². The van der Waals surface area contributed by atoms with Crippen LogP contribution < -0.4 is 5.32 Å². The highest BCUT2D eigenvalue weighted by molar-refractivity contribution is 5.84. The Morgan fingerprint density at radius 3 is 2.63 bits per heavy atom. The number of unbranched alkanes of at least 4 members (excludes halogenated alkanes) is 2. The molecular weight excluding hydrogens is 246 g/mol. The van der Waals surface area contributed by atoms with Crippen molar-refractivity contribution in [1.82, 2.24) is 0 Å². The van der Waals surface area contributed by atoms with Crippen LogP contribution in [-0.4, -0.2) is 19.2 Å². The second kappa shape index (κ2) is 8.97. The Bertz CT molecular complexity index is 389. The van der Waals surface area contributed by atoms with Gasteiger partial charge < -0.3 is 9.47 Å². The molecule has 1 amide bonds. The third-order valence-corrected chi connectivity index (χ3v) is 2.50. The number of hydrogen-bond donors (Lipinski definition) is 1. The number of anilines is 1. The zero-order valence-corrected chi connectivity index (χ0v) is 11.1. The van der Waals surface area contributed by atoms with E-state index in [4.69, 9.17) is 4.74 Å². The van der Waals surface area contributed by atoms with Gasteiger partial charge in [0.05, 0.1) is 6.61 Å². The van der Waals surface area contributed by atoms with E-state index in [0.29, 0.717) is 18.8 Å². The molecule has 104 valence electrons. The van der Waals surface area contributed by atoms with Gasteiger partial charge in [0.2, 0.25) is 0 Å². The van der Waals surface area contributed by atoms with Gasteiger partial charge >= 0.3 is 6.09 Å². The zero-order valence-electron chi connectivity index (χ0n) is 11.1. The minimum absolute atomic E-state index is 0.227. The van der Waals surface area contributed by atoms with Gasteiger partial charge in [0.1, 0.15) is 6.61 Å². The zero-order chi connectivity index (χ0) is 13.9. The van der Waals surface area contributed by atoms with E-state index in [1.165, 1.54) is 0 Å². The van der Waals surface area contributed by atoms with Gasteiger partial charge in [-0.2, -0.15) is 0 Å². The Balaban J connectivity index is 2.31. The lowest BCUT2D eigenvalue weighted by molar-refractivity contribution is -0.129. The molecule has 1 N–H and O–H groups in total. The Morgan fingerprint density at radius 2 is 2.00 bits per heavy atom. The van der Waals surface area contributed by atoms with E-state index in [0.717, 1.165) is 24.8 Å². The summed E-state index contributed by atoms with van der Waals surface area (Å²) in [7, 11) is 0. The molecule has 1 aromatic rings. The topological polar surface area (TPSA) is 64.6 Å². The van der Waals surface area contributed by atoms with Gasteiger partial charge in [-0.05, 0) is 24.1 Å². The van der Waals surface area contributed by atoms with E-state index in [9.17, 15) is 9.59 Å². The SMILES string of the molecule is CCCCCOC(=O)Nc1ccc(COC=O)cc1. The summed E-state index contributed by atoms with van der Waals surface area (Å²) in [6.07, 6.45) is 2.58. The summed E-state index contributed by atoms with van der Waals surface area (Å²) >= 11 is 0. The van der Waals surface area contributed by atoms with Crippen molar-refractivity contribution in [2.75, 3.05) is 11.9 Å². The minimum Gasteiger partial charge on any atom is -0.463 e. The average molecular weight is 265 g/mol. The van der Waals surface area contributed by atoms with Crippen molar-refractivity contribution < 1.29 is 19.1 Å². The highest BCUT2D eigenvalue weighted by Crippen LogP contribution is 2.10. The number of hydrogen-bond acceptors (Lipinski definition) is 4. The molecule has 0 bridgehead atoms. The average Bonchev–Trinajstić information content (AvgIpc) is 2.43. The molecule has 0 aliphatic heterocycles. The van der Waals surface area contributed by atoms with Crippen LogP contribution in [0.4, 0.5) is 10.5 Å². The summed E-state index contributed by atoms with van der Waals surface area (Å²) in [4.78, 5) is 21.5. The number of rotatable bonds is 8. The fraction of sp³-hybridized carbons (Fsp3) is 0.429. The fourth-order valence-electron chi connectivity index (χ4n) is 1.49. The second-order valence-electron chi connectivity index (χ2n) is 4.07. The van der Waals surface area contributed by atoms with Crippen LogP contribution in [0.25, 0.3) is 0 Å². The van der Waals surface area contributed by atoms with Crippen molar-refractivity contribution in [3.8, 4) is 0 Å². The highest BCUT2D eigenvalue weighted by Gasteiger charge is 2.02. The molecule has 1 rings (SSSR count). The predicted molar refractivity (Wildman–Crippen MR) is 71.8 cm³/mol. The summed E-state index contributed by atoms with van der Waals surface area (Å²) in [5, 5.41) is 2.63. The molecule has 0 aliphatic rings. The smallest absolute Gasteiger partial charge is 0.411 e. The van der Waals surface area contributed by atoms with Crippen molar-refractivity contribution in [1.29, 1.82) is 0 Å². The summed E-state index contributed by atoms with van der Waals surface area (Å²) in [5.41, 5.74) is 1.50. The quantitative estimate of drug-likeness (QED) is 0.579. The van der Waals surface area contributed by atoms with Crippen LogP contribution in [0.1, 0.15) is 31.7 Å². The Hall–Kier alpha value is -2.04. The molecule has 0 heterocycles. The summed E-state index contributed by atoms with van der Waals surface area (Å²) in [6.45, 7) is 3.16. The molecule has 19 heavy (non-hydrogen) atoms. The van der Waals surface area contributed by atoms with E-state index in [2.05, 4.69) is 17.0 Å². The van der Waals surface area contributed by atoms with Crippen LogP contribution >= 0.6 is 0 Å². The van der Waals surface area contributed by atoms with Gasteiger partial charge in [0.15, 0.2) is 0 Å². The maximum Gasteiger partial charge on any atom is 0.411 e. The van der Waals surface area contributed by atoms with Crippen LogP contribution in [0, 0.1) is 0 Å². The molecule has 0 saturated heterocycles. The third-order valence-electron chi connectivity index (χ3n) is 2.50. The van der Waals surface area contributed by atoms with Crippen LogP contribution in [0.2, 0.25) is 0 Å². The largest absolute Gasteiger partial charge is 0.463 e. The van der Waals surface area contributed by atoms with E-state index in [-0.39, 0.29) is 6.61 Å². The molecule has 0 unspecified atom stereocenters. The molecule has 0 spiro atoms. The Kier molecular flexibility index (Phi) is 7.09. The normalized spacial score (nSPS) is 9.74. The van der Waals surface area contributed by atoms with Crippen LogP contribution in [-0.2, 0) is 20.9 Å². The van der Waals surface area contributed by atoms with Gasteiger partial charge in [-0.3, -0.25) is 10.1 Å². The van der Waals surface area contributed by atoms with Crippen LogP contribution in [0.3, 0.4) is 0 Å². The first-order chi connectivity index (χ1) is 9.26. The molecular formula is C14H19NO4. The summed E-state index contributed by atoms with van der Waals surface area (Å²) < 4.78 is 9.65. The lowest BCUT2D eigenvalue weighted by atomic mass is 10.2. The molecule has 0 atom stereocenters. The predicted octanol–water partition coefficient (Wildman–Crippen LogP) is 3.10. The molecule has 0 radical (unpaired) electrons. The molecule has 5 heteroatoms. The van der Waals surface area contributed by atoms with Gasteiger partial charge in [0.25, 0.3) is 6.47 Å². The standard InChI is InChI=1S/C14H19NO4/c1-2-3-4-9-19-14(17)15-13-7-5-12(6-8-13)10-18-11-16/h5-8,11H,2-4,9-10H2,1H3,(H,15,17). The first-order valence-corrected chi connectivity index (χ1v) is 6.34. The van der Waals surface area contributed by atoms with Crippen LogP contribution in [0.15, 0.2) is 24.3 Å². The monoisotopic (exact) mass is 265 g/mol. The number of benzene rings is 1. The lowest BCUT2D eigenvalue weighted by Crippen LogP contribution is -2.14. The first-order valence-electron chi connectivity index (χ1n) is 6.34. The Morgan fingerprint density at radius 1 is 1.26 bits per heavy atom. The number of nitrogens with one attached hydrogen (secondary N) is 1. The van der Waals surface area contributed by atoms with Gasteiger partial charge in [-0.25, -0.2) is 4.79 Å². The van der Waals surface area contributed by atoms with Gasteiger partial charge in [0, 0.05) is 5.69 Å². The number of carbonyl (C=O) groups is 2. The van der Waals surface area contributed by atoms with E-state index in [1.54, 1.807) is 24.3 Å². The van der Waals surface area contributed by atoms with Crippen molar-refractivity contribution in [2.24, 2.45) is 0 Å². The molecule has 0 saturated carbocycles. The van der Waals surface area contributed by atoms with Crippen LogP contribution in [0.5, 0.6) is 0 Å². The molecule has 0 aromatic heterocycles. The minimum atomic E-state index is -0.451. The molecule has 0 fully saturated rings. The summed E-state index contributed by atoms with van der Waals surface area (Å²) in [5.74, 6) is 0. The van der Waals surface area contributed by atoms with E-state index < -0.39 is 6.09 Å². The highest BCUT2D eigenvalue weighted by atomic mass is 16.5. The first kappa shape index (κ1) is 15.0. The Labute approximate surface area is 112 Å². The maximum atomic E-state index is 11.4. The molecule has 1 aromatic carbocycles. The number of ether oxygens (including phenoxy) is 2. The summed E-state index contributed by atoms with van der Waals surface area (Å²) in [6, 6.07) is 7.01.